The number of carbonyl (C=O) groups excluding carboxylic acids is 1. The van der Waals surface area contributed by atoms with Crippen molar-refractivity contribution in [2.75, 3.05) is 5.32 Å². The van der Waals surface area contributed by atoms with E-state index >= 15 is 0 Å². The first-order valence-corrected chi connectivity index (χ1v) is 6.31. The molecule has 1 atom stereocenters. The van der Waals surface area contributed by atoms with E-state index in [1.54, 1.807) is 5.51 Å². The van der Waals surface area contributed by atoms with Crippen LogP contribution < -0.4 is 5.32 Å². The maximum Gasteiger partial charge on any atom is 0.233 e. The minimum absolute atomic E-state index is 0.0320. The highest BCUT2D eigenvalue weighted by atomic mass is 32.1. The fraction of sp³-hybridized carbons (Fsp3) is 0.250. The summed E-state index contributed by atoms with van der Waals surface area (Å²) in [6, 6.07) is 9.76. The summed E-state index contributed by atoms with van der Waals surface area (Å²) in [6.45, 7) is 2.00. The van der Waals surface area contributed by atoms with Gasteiger partial charge in [-0.15, -0.1) is 10.2 Å². The molecule has 0 unspecified atom stereocenters. The van der Waals surface area contributed by atoms with Crippen LogP contribution in [0.4, 0.5) is 5.13 Å². The van der Waals surface area contributed by atoms with Gasteiger partial charge in [-0.25, -0.2) is 0 Å². The predicted molar refractivity (Wildman–Crippen MR) is 68.0 cm³/mol. The van der Waals surface area contributed by atoms with E-state index in [0.717, 1.165) is 12.0 Å². The first kappa shape index (κ1) is 11.7. The van der Waals surface area contributed by atoms with Gasteiger partial charge in [0.15, 0.2) is 0 Å². The second kappa shape index (κ2) is 5.54. The number of anilines is 1. The first-order valence-electron chi connectivity index (χ1n) is 5.43. The highest BCUT2D eigenvalue weighted by Crippen LogP contribution is 2.21. The average molecular weight is 247 g/mol. The number of aromatic nitrogens is 2. The van der Waals surface area contributed by atoms with Crippen LogP contribution in [0, 0.1) is 0 Å². The van der Waals surface area contributed by atoms with Crippen LogP contribution in [-0.4, -0.2) is 16.1 Å². The topological polar surface area (TPSA) is 54.9 Å². The summed E-state index contributed by atoms with van der Waals surface area (Å²) < 4.78 is 0. The van der Waals surface area contributed by atoms with Gasteiger partial charge in [0.25, 0.3) is 0 Å². The maximum absolute atomic E-state index is 12.1. The van der Waals surface area contributed by atoms with Gasteiger partial charge in [0.2, 0.25) is 11.0 Å². The molecule has 0 radical (unpaired) electrons. The lowest BCUT2D eigenvalue weighted by molar-refractivity contribution is -0.117. The van der Waals surface area contributed by atoms with Crippen molar-refractivity contribution < 1.29 is 4.79 Å². The fourth-order valence-electron chi connectivity index (χ4n) is 1.68. The summed E-state index contributed by atoms with van der Waals surface area (Å²) in [5, 5.41) is 10.8. The molecule has 0 spiro atoms. The zero-order chi connectivity index (χ0) is 12.1. The molecule has 5 heteroatoms. The Morgan fingerprint density at radius 3 is 2.76 bits per heavy atom. The van der Waals surface area contributed by atoms with E-state index in [9.17, 15) is 4.79 Å². The van der Waals surface area contributed by atoms with Crippen molar-refractivity contribution in [1.29, 1.82) is 0 Å². The van der Waals surface area contributed by atoms with Gasteiger partial charge in [0, 0.05) is 0 Å². The molecule has 1 N–H and O–H groups in total. The second-order valence-corrected chi connectivity index (χ2v) is 4.44. The Labute approximate surface area is 104 Å². The van der Waals surface area contributed by atoms with Gasteiger partial charge >= 0.3 is 0 Å². The quantitative estimate of drug-likeness (QED) is 0.903. The number of nitrogens with one attached hydrogen (secondary N) is 1. The van der Waals surface area contributed by atoms with Crippen LogP contribution in [0.25, 0.3) is 0 Å². The summed E-state index contributed by atoms with van der Waals surface area (Å²) in [4.78, 5) is 12.1. The number of benzene rings is 1. The van der Waals surface area contributed by atoms with Gasteiger partial charge in [-0.1, -0.05) is 48.6 Å². The highest BCUT2D eigenvalue weighted by Gasteiger charge is 2.19. The Bertz CT molecular complexity index is 470. The van der Waals surface area contributed by atoms with E-state index in [1.165, 1.54) is 11.3 Å². The van der Waals surface area contributed by atoms with Crippen molar-refractivity contribution in [2.24, 2.45) is 0 Å². The third-order valence-corrected chi connectivity index (χ3v) is 3.12. The summed E-state index contributed by atoms with van der Waals surface area (Å²) in [5.41, 5.74) is 2.62. The number of hydrogen-bond acceptors (Lipinski definition) is 4. The third kappa shape index (κ3) is 2.88. The Morgan fingerprint density at radius 2 is 2.18 bits per heavy atom. The zero-order valence-corrected chi connectivity index (χ0v) is 10.3. The number of rotatable bonds is 4. The molecule has 2 rings (SSSR count). The van der Waals surface area contributed by atoms with Crippen molar-refractivity contribution in [3.63, 3.8) is 0 Å². The minimum Gasteiger partial charge on any atom is -0.300 e. The van der Waals surface area contributed by atoms with Crippen molar-refractivity contribution in [1.82, 2.24) is 10.2 Å². The lowest BCUT2D eigenvalue weighted by Gasteiger charge is -2.13. The Morgan fingerprint density at radius 1 is 1.41 bits per heavy atom. The van der Waals surface area contributed by atoms with Crippen LogP contribution >= 0.6 is 11.3 Å². The molecular weight excluding hydrogens is 234 g/mol. The maximum atomic E-state index is 12.1. The summed E-state index contributed by atoms with van der Waals surface area (Å²) in [7, 11) is 0. The Balaban J connectivity index is 2.11. The molecule has 1 aromatic heterocycles. The molecule has 0 aliphatic rings. The summed E-state index contributed by atoms with van der Waals surface area (Å²) in [6.07, 6.45) is 0.759. The molecule has 0 aliphatic heterocycles. The molecule has 88 valence electrons. The van der Waals surface area contributed by atoms with E-state index in [0.29, 0.717) is 5.13 Å². The van der Waals surface area contributed by atoms with Crippen molar-refractivity contribution in [2.45, 2.75) is 19.3 Å². The smallest absolute Gasteiger partial charge is 0.233 e. The van der Waals surface area contributed by atoms with Crippen LogP contribution in [-0.2, 0) is 4.79 Å². The molecule has 0 saturated heterocycles. The number of amides is 1. The van der Waals surface area contributed by atoms with Crippen LogP contribution in [0.2, 0.25) is 0 Å². The zero-order valence-electron chi connectivity index (χ0n) is 9.46. The molecule has 0 fully saturated rings. The van der Waals surface area contributed by atoms with E-state index in [4.69, 9.17) is 0 Å². The molecule has 17 heavy (non-hydrogen) atoms. The van der Waals surface area contributed by atoms with E-state index in [-0.39, 0.29) is 11.8 Å². The Kier molecular flexibility index (Phi) is 3.82. The highest BCUT2D eigenvalue weighted by molar-refractivity contribution is 7.13. The molecule has 4 nitrogen and oxygen atoms in total. The lowest BCUT2D eigenvalue weighted by atomic mass is 9.96. The SMILES string of the molecule is CC[C@H](C(=O)Nc1nncs1)c1ccccc1. The van der Waals surface area contributed by atoms with Crippen LogP contribution in [0.15, 0.2) is 35.8 Å². The molecule has 1 heterocycles. The number of carbonyl (C=O) groups is 1. The van der Waals surface area contributed by atoms with Crippen LogP contribution in [0.3, 0.4) is 0 Å². The predicted octanol–water partition coefficient (Wildman–Crippen LogP) is 2.67. The lowest BCUT2D eigenvalue weighted by Crippen LogP contribution is -2.20. The van der Waals surface area contributed by atoms with Crippen molar-refractivity contribution in [3.8, 4) is 0 Å². The molecule has 0 bridgehead atoms. The normalized spacial score (nSPS) is 12.1. The average Bonchev–Trinajstić information content (AvgIpc) is 2.84. The first-order chi connectivity index (χ1) is 8.31. The number of hydrogen-bond donors (Lipinski definition) is 1. The summed E-state index contributed by atoms with van der Waals surface area (Å²) >= 11 is 1.32. The van der Waals surface area contributed by atoms with E-state index in [2.05, 4.69) is 15.5 Å². The van der Waals surface area contributed by atoms with Gasteiger partial charge in [-0.05, 0) is 12.0 Å². The molecule has 0 aliphatic carbocycles. The number of nitrogens with zero attached hydrogens (tertiary/aromatic N) is 2. The van der Waals surface area contributed by atoms with Crippen molar-refractivity contribution >= 4 is 22.4 Å². The van der Waals surface area contributed by atoms with Crippen LogP contribution in [0.5, 0.6) is 0 Å². The molecule has 1 aromatic carbocycles. The molecular formula is C12H13N3OS. The van der Waals surface area contributed by atoms with Gasteiger partial charge in [0.1, 0.15) is 5.51 Å². The molecule has 0 saturated carbocycles. The summed E-state index contributed by atoms with van der Waals surface area (Å²) in [5.74, 6) is -0.171. The van der Waals surface area contributed by atoms with E-state index < -0.39 is 0 Å². The third-order valence-electron chi connectivity index (χ3n) is 2.52. The monoisotopic (exact) mass is 247 g/mol. The molecule has 1 amide bonds. The van der Waals surface area contributed by atoms with Gasteiger partial charge in [-0.3, -0.25) is 4.79 Å². The van der Waals surface area contributed by atoms with Gasteiger partial charge in [0.05, 0.1) is 5.92 Å². The fourth-order valence-corrected chi connectivity index (χ4v) is 2.13. The standard InChI is InChI=1S/C12H13N3OS/c1-2-10(9-6-4-3-5-7-9)11(16)14-12-15-13-8-17-12/h3-8,10H,2H2,1H3,(H,14,15,16)/t10-/m0/s1. The van der Waals surface area contributed by atoms with Crippen LogP contribution in [0.1, 0.15) is 24.8 Å². The minimum atomic E-state index is -0.139. The van der Waals surface area contributed by atoms with Gasteiger partial charge in [-0.2, -0.15) is 0 Å². The Hall–Kier alpha value is -1.75. The van der Waals surface area contributed by atoms with Crippen molar-refractivity contribution in [3.05, 3.63) is 41.4 Å². The largest absolute Gasteiger partial charge is 0.300 e. The van der Waals surface area contributed by atoms with E-state index in [1.807, 2.05) is 37.3 Å². The second-order valence-electron chi connectivity index (χ2n) is 3.60. The van der Waals surface area contributed by atoms with Gasteiger partial charge < -0.3 is 5.32 Å². The molecule has 2 aromatic rings.